The molecule has 1 saturated heterocycles. The standard InChI is InChI=1S/C21H19NO5/c1-13(23)26-18-19(25)21(2,27-20(18)22-12-6-11-17(22)24)16-10-5-8-14-7-3-4-9-15(14)16/h3-5,7-10H,6,11-12H2,1-2H3. The lowest BCUT2D eigenvalue weighted by Crippen LogP contribution is -2.33. The Kier molecular flexibility index (Phi) is 3.98. The minimum absolute atomic E-state index is 0.0353. The molecule has 2 aromatic rings. The highest BCUT2D eigenvalue weighted by Crippen LogP contribution is 2.43. The molecule has 0 aliphatic carbocycles. The van der Waals surface area contributed by atoms with Gasteiger partial charge in [0.05, 0.1) is 0 Å². The van der Waals surface area contributed by atoms with Gasteiger partial charge in [-0.25, -0.2) is 0 Å². The minimum Gasteiger partial charge on any atom is -0.456 e. The summed E-state index contributed by atoms with van der Waals surface area (Å²) in [5.41, 5.74) is -0.721. The second kappa shape index (κ2) is 6.23. The van der Waals surface area contributed by atoms with Crippen molar-refractivity contribution >= 4 is 28.4 Å². The largest absolute Gasteiger partial charge is 0.456 e. The van der Waals surface area contributed by atoms with Crippen LogP contribution in [-0.2, 0) is 29.5 Å². The highest BCUT2D eigenvalue weighted by molar-refractivity contribution is 6.07. The van der Waals surface area contributed by atoms with Crippen molar-refractivity contribution in [2.75, 3.05) is 6.54 Å². The fourth-order valence-electron chi connectivity index (χ4n) is 3.69. The molecule has 0 spiro atoms. The number of Topliss-reactive ketones (excluding diaryl/α,β-unsaturated/α-hetero) is 1. The number of hydrogen-bond donors (Lipinski definition) is 0. The molecule has 0 N–H and O–H groups in total. The first-order valence-electron chi connectivity index (χ1n) is 8.87. The summed E-state index contributed by atoms with van der Waals surface area (Å²) in [6.45, 7) is 3.29. The number of fused-ring (bicyclic) bond motifs is 1. The molecule has 0 aromatic heterocycles. The second-order valence-electron chi connectivity index (χ2n) is 6.87. The quantitative estimate of drug-likeness (QED) is 0.782. The lowest BCUT2D eigenvalue weighted by atomic mass is 9.87. The zero-order chi connectivity index (χ0) is 19.2. The van der Waals surface area contributed by atoms with Crippen LogP contribution in [0.15, 0.2) is 54.1 Å². The highest BCUT2D eigenvalue weighted by Gasteiger charge is 2.52. The second-order valence-corrected chi connectivity index (χ2v) is 6.87. The van der Waals surface area contributed by atoms with Gasteiger partial charge in [0.25, 0.3) is 5.78 Å². The van der Waals surface area contributed by atoms with E-state index >= 15 is 0 Å². The third-order valence-electron chi connectivity index (χ3n) is 5.00. The van der Waals surface area contributed by atoms with Crippen LogP contribution in [-0.4, -0.2) is 29.1 Å². The van der Waals surface area contributed by atoms with Gasteiger partial charge in [0.2, 0.25) is 17.5 Å². The Labute approximate surface area is 156 Å². The number of nitrogens with zero attached hydrogens (tertiary/aromatic N) is 1. The number of amides is 1. The summed E-state index contributed by atoms with van der Waals surface area (Å²) in [6.07, 6.45) is 1.04. The van der Waals surface area contributed by atoms with Crippen LogP contribution in [0.5, 0.6) is 0 Å². The van der Waals surface area contributed by atoms with E-state index in [4.69, 9.17) is 9.47 Å². The predicted molar refractivity (Wildman–Crippen MR) is 97.1 cm³/mol. The number of ketones is 1. The van der Waals surface area contributed by atoms with E-state index in [0.717, 1.165) is 10.8 Å². The zero-order valence-electron chi connectivity index (χ0n) is 15.2. The molecule has 1 fully saturated rings. The van der Waals surface area contributed by atoms with E-state index in [9.17, 15) is 14.4 Å². The summed E-state index contributed by atoms with van der Waals surface area (Å²) in [5, 5.41) is 1.83. The molecule has 0 radical (unpaired) electrons. The van der Waals surface area contributed by atoms with Crippen LogP contribution in [0, 0.1) is 0 Å². The normalized spacial score (nSPS) is 22.5. The van der Waals surface area contributed by atoms with Crippen LogP contribution in [0.4, 0.5) is 0 Å². The average Bonchev–Trinajstić information content (AvgIpc) is 3.18. The lowest BCUT2D eigenvalue weighted by Gasteiger charge is -2.27. The molecule has 2 aliphatic rings. The molecule has 2 aromatic carbocycles. The number of carbonyl (C=O) groups excluding carboxylic acids is 3. The molecule has 6 nitrogen and oxygen atoms in total. The Hall–Kier alpha value is -3.15. The van der Waals surface area contributed by atoms with Gasteiger partial charge >= 0.3 is 5.97 Å². The number of ether oxygens (including phenoxy) is 2. The van der Waals surface area contributed by atoms with E-state index in [1.54, 1.807) is 6.92 Å². The average molecular weight is 365 g/mol. The molecular formula is C21H19NO5. The molecule has 27 heavy (non-hydrogen) atoms. The van der Waals surface area contributed by atoms with E-state index in [1.807, 2.05) is 42.5 Å². The van der Waals surface area contributed by atoms with E-state index in [2.05, 4.69) is 0 Å². The van der Waals surface area contributed by atoms with Crippen LogP contribution in [0.1, 0.15) is 32.3 Å². The summed E-state index contributed by atoms with van der Waals surface area (Å²) in [7, 11) is 0. The first-order chi connectivity index (χ1) is 12.9. The third-order valence-corrected chi connectivity index (χ3v) is 5.00. The van der Waals surface area contributed by atoms with Crippen molar-refractivity contribution in [3.63, 3.8) is 0 Å². The van der Waals surface area contributed by atoms with Crippen LogP contribution in [0.3, 0.4) is 0 Å². The van der Waals surface area contributed by atoms with Crippen molar-refractivity contribution < 1.29 is 23.9 Å². The maximum Gasteiger partial charge on any atom is 0.308 e. The molecule has 1 amide bonds. The van der Waals surface area contributed by atoms with Gasteiger partial charge in [-0.1, -0.05) is 42.5 Å². The Morgan fingerprint density at radius 2 is 1.89 bits per heavy atom. The Morgan fingerprint density at radius 1 is 1.15 bits per heavy atom. The maximum atomic E-state index is 13.3. The van der Waals surface area contributed by atoms with Crippen LogP contribution < -0.4 is 0 Å². The summed E-state index contributed by atoms with van der Waals surface area (Å²) in [5.74, 6) is -1.41. The van der Waals surface area contributed by atoms with Crippen molar-refractivity contribution in [1.82, 2.24) is 4.90 Å². The molecular weight excluding hydrogens is 346 g/mol. The van der Waals surface area contributed by atoms with E-state index < -0.39 is 17.4 Å². The first kappa shape index (κ1) is 17.3. The zero-order valence-corrected chi connectivity index (χ0v) is 15.2. The molecule has 138 valence electrons. The molecule has 4 rings (SSSR count). The molecule has 0 bridgehead atoms. The number of rotatable bonds is 3. The van der Waals surface area contributed by atoms with E-state index in [1.165, 1.54) is 11.8 Å². The van der Waals surface area contributed by atoms with Gasteiger partial charge in [0.1, 0.15) is 0 Å². The van der Waals surface area contributed by atoms with Crippen molar-refractivity contribution in [3.05, 3.63) is 59.7 Å². The van der Waals surface area contributed by atoms with Gasteiger partial charge in [-0.05, 0) is 24.1 Å². The Morgan fingerprint density at radius 3 is 2.59 bits per heavy atom. The number of carbonyl (C=O) groups is 3. The topological polar surface area (TPSA) is 72.9 Å². The fraction of sp³-hybridized carbons (Fsp3) is 0.286. The number of benzene rings is 2. The third kappa shape index (κ3) is 2.68. The summed E-state index contributed by atoms with van der Waals surface area (Å²) in [6, 6.07) is 13.3. The van der Waals surface area contributed by atoms with Crippen molar-refractivity contribution in [3.8, 4) is 0 Å². The molecule has 2 aliphatic heterocycles. The minimum atomic E-state index is -1.39. The molecule has 6 heteroatoms. The molecule has 1 atom stereocenters. The summed E-state index contributed by atoms with van der Waals surface area (Å²) >= 11 is 0. The fourth-order valence-corrected chi connectivity index (χ4v) is 3.69. The van der Waals surface area contributed by atoms with E-state index in [-0.39, 0.29) is 17.5 Å². The van der Waals surface area contributed by atoms with Gasteiger partial charge < -0.3 is 9.47 Å². The molecule has 2 heterocycles. The maximum absolute atomic E-state index is 13.3. The first-order valence-corrected chi connectivity index (χ1v) is 8.87. The van der Waals surface area contributed by atoms with Crippen molar-refractivity contribution in [1.29, 1.82) is 0 Å². The smallest absolute Gasteiger partial charge is 0.308 e. The van der Waals surface area contributed by atoms with Gasteiger partial charge in [0.15, 0.2) is 5.60 Å². The van der Waals surface area contributed by atoms with E-state index in [0.29, 0.717) is 24.9 Å². The molecule has 1 unspecified atom stereocenters. The van der Waals surface area contributed by atoms with Crippen LogP contribution in [0.25, 0.3) is 10.8 Å². The van der Waals surface area contributed by atoms with Crippen LogP contribution in [0.2, 0.25) is 0 Å². The van der Waals surface area contributed by atoms with Crippen molar-refractivity contribution in [2.45, 2.75) is 32.3 Å². The lowest BCUT2D eigenvalue weighted by molar-refractivity contribution is -0.142. The number of hydrogen-bond acceptors (Lipinski definition) is 5. The number of esters is 1. The highest BCUT2D eigenvalue weighted by atomic mass is 16.6. The number of likely N-dealkylation sites (tertiary alicyclic amines) is 1. The summed E-state index contributed by atoms with van der Waals surface area (Å²) in [4.78, 5) is 38.5. The van der Waals surface area contributed by atoms with Gasteiger partial charge in [-0.3, -0.25) is 19.3 Å². The Bertz CT molecular complexity index is 1000. The van der Waals surface area contributed by atoms with Gasteiger partial charge in [-0.2, -0.15) is 0 Å². The monoisotopic (exact) mass is 365 g/mol. The van der Waals surface area contributed by atoms with Gasteiger partial charge in [-0.15, -0.1) is 0 Å². The molecule has 0 saturated carbocycles. The van der Waals surface area contributed by atoms with Gasteiger partial charge in [0, 0.05) is 25.5 Å². The van der Waals surface area contributed by atoms with Crippen molar-refractivity contribution in [2.24, 2.45) is 0 Å². The Balaban J connectivity index is 1.84. The SMILES string of the molecule is CC(=O)OC1=C(N2CCCC2=O)OC(C)(c2cccc3ccccc23)C1=O. The van der Waals surface area contributed by atoms with Crippen LogP contribution >= 0.6 is 0 Å². The predicted octanol–water partition coefficient (Wildman–Crippen LogP) is 3.01. The summed E-state index contributed by atoms with van der Waals surface area (Å²) < 4.78 is 11.3.